The number of pyridine rings is 1. The van der Waals surface area contributed by atoms with Crippen LogP contribution in [0.15, 0.2) is 53.5 Å². The molecule has 25 heavy (non-hydrogen) atoms. The van der Waals surface area contributed by atoms with Gasteiger partial charge in [0.2, 0.25) is 0 Å². The number of ether oxygens (including phenoxy) is 2. The number of carbonyl (C=O) groups is 1. The lowest BCUT2D eigenvalue weighted by Crippen LogP contribution is -2.22. The summed E-state index contributed by atoms with van der Waals surface area (Å²) in [6, 6.07) is 12.6. The molecule has 0 bridgehead atoms. The Bertz CT molecular complexity index is 912. The summed E-state index contributed by atoms with van der Waals surface area (Å²) >= 11 is 0. The second-order valence-corrected chi connectivity index (χ2v) is 5.53. The number of carbonyl (C=O) groups excluding carboxylic acids is 1. The predicted molar refractivity (Wildman–Crippen MR) is 91.7 cm³/mol. The van der Waals surface area contributed by atoms with Gasteiger partial charge >= 0.3 is 11.7 Å². The van der Waals surface area contributed by atoms with Gasteiger partial charge in [-0.1, -0.05) is 18.2 Å². The van der Waals surface area contributed by atoms with Crippen molar-refractivity contribution >= 4 is 11.6 Å². The SMILES string of the molecule is COc1ccc(CC(=O)OCCCn2nc3ccccn3c2=O)cc1. The number of aromatic nitrogens is 3. The minimum atomic E-state index is -0.299. The zero-order valence-corrected chi connectivity index (χ0v) is 13.9. The van der Waals surface area contributed by atoms with Crippen molar-refractivity contribution in [2.45, 2.75) is 19.4 Å². The second kappa shape index (κ2) is 7.65. The highest BCUT2D eigenvalue weighted by molar-refractivity contribution is 5.72. The van der Waals surface area contributed by atoms with Gasteiger partial charge in [-0.05, 0) is 29.8 Å². The smallest absolute Gasteiger partial charge is 0.350 e. The monoisotopic (exact) mass is 341 g/mol. The predicted octanol–water partition coefficient (Wildman–Crippen LogP) is 1.68. The molecular formula is C18H19N3O4. The first kappa shape index (κ1) is 16.8. The van der Waals surface area contributed by atoms with E-state index in [0.29, 0.717) is 18.6 Å². The van der Waals surface area contributed by atoms with Crippen LogP contribution in [-0.4, -0.2) is 33.9 Å². The summed E-state index contributed by atoms with van der Waals surface area (Å²) in [6.45, 7) is 0.644. The van der Waals surface area contributed by atoms with Gasteiger partial charge in [0.25, 0.3) is 0 Å². The van der Waals surface area contributed by atoms with Gasteiger partial charge in [0.15, 0.2) is 5.65 Å². The number of esters is 1. The Morgan fingerprint density at radius 1 is 1.16 bits per heavy atom. The standard InChI is InChI=1S/C18H19N3O4/c1-24-15-8-6-14(7-9-15)13-17(22)25-12-4-11-21-18(23)20-10-3-2-5-16(20)19-21/h2-3,5-10H,4,11-13H2,1H3. The van der Waals surface area contributed by atoms with E-state index in [1.165, 1.54) is 9.08 Å². The quantitative estimate of drug-likeness (QED) is 0.483. The molecular weight excluding hydrogens is 322 g/mol. The molecule has 3 rings (SSSR count). The molecule has 130 valence electrons. The largest absolute Gasteiger partial charge is 0.497 e. The molecule has 0 radical (unpaired) electrons. The molecule has 2 aromatic heterocycles. The topological polar surface area (TPSA) is 74.8 Å². The minimum absolute atomic E-state index is 0.194. The van der Waals surface area contributed by atoms with Gasteiger partial charge in [-0.15, -0.1) is 5.10 Å². The van der Waals surface area contributed by atoms with E-state index in [1.807, 2.05) is 18.2 Å². The van der Waals surface area contributed by atoms with Crippen molar-refractivity contribution in [3.05, 3.63) is 64.7 Å². The molecule has 0 spiro atoms. The highest BCUT2D eigenvalue weighted by Gasteiger charge is 2.07. The van der Waals surface area contributed by atoms with Crippen molar-refractivity contribution in [1.29, 1.82) is 0 Å². The minimum Gasteiger partial charge on any atom is -0.497 e. The van der Waals surface area contributed by atoms with Crippen LogP contribution in [0.1, 0.15) is 12.0 Å². The fourth-order valence-corrected chi connectivity index (χ4v) is 2.48. The average Bonchev–Trinajstić information content (AvgIpc) is 2.96. The van der Waals surface area contributed by atoms with E-state index in [4.69, 9.17) is 9.47 Å². The zero-order valence-electron chi connectivity index (χ0n) is 13.9. The molecule has 7 heteroatoms. The summed E-state index contributed by atoms with van der Waals surface area (Å²) in [4.78, 5) is 23.9. The van der Waals surface area contributed by atoms with Crippen molar-refractivity contribution in [3.63, 3.8) is 0 Å². The van der Waals surface area contributed by atoms with Gasteiger partial charge in [-0.3, -0.25) is 9.20 Å². The van der Waals surface area contributed by atoms with Crippen LogP contribution in [0.3, 0.4) is 0 Å². The maximum Gasteiger partial charge on any atom is 0.350 e. The Hall–Kier alpha value is -3.09. The number of benzene rings is 1. The van der Waals surface area contributed by atoms with E-state index in [2.05, 4.69) is 5.10 Å². The van der Waals surface area contributed by atoms with Gasteiger partial charge in [-0.25, -0.2) is 9.48 Å². The summed E-state index contributed by atoms with van der Waals surface area (Å²) in [5.74, 6) is 0.447. The van der Waals surface area contributed by atoms with Gasteiger partial charge in [-0.2, -0.15) is 0 Å². The maximum absolute atomic E-state index is 12.1. The molecule has 0 saturated carbocycles. The zero-order chi connectivity index (χ0) is 17.6. The summed E-state index contributed by atoms with van der Waals surface area (Å²) < 4.78 is 13.2. The molecule has 0 N–H and O–H groups in total. The van der Waals surface area contributed by atoms with Crippen LogP contribution >= 0.6 is 0 Å². The van der Waals surface area contributed by atoms with Crippen LogP contribution in [0.4, 0.5) is 0 Å². The third kappa shape index (κ3) is 4.06. The molecule has 0 saturated heterocycles. The average molecular weight is 341 g/mol. The molecule has 7 nitrogen and oxygen atoms in total. The van der Waals surface area contributed by atoms with E-state index in [0.717, 1.165) is 11.3 Å². The number of fused-ring (bicyclic) bond motifs is 1. The summed E-state index contributed by atoms with van der Waals surface area (Å²) in [5.41, 5.74) is 1.27. The van der Waals surface area contributed by atoms with Gasteiger partial charge < -0.3 is 9.47 Å². The lowest BCUT2D eigenvalue weighted by atomic mass is 10.1. The normalized spacial score (nSPS) is 10.8. The highest BCUT2D eigenvalue weighted by Crippen LogP contribution is 2.12. The number of hydrogen-bond acceptors (Lipinski definition) is 5. The van der Waals surface area contributed by atoms with Crippen LogP contribution in [0, 0.1) is 0 Å². The molecule has 1 aromatic carbocycles. The van der Waals surface area contributed by atoms with Crippen LogP contribution in [-0.2, 0) is 22.5 Å². The Kier molecular flexibility index (Phi) is 5.13. The molecule has 0 aliphatic heterocycles. The Labute approximate surface area is 144 Å². The number of rotatable bonds is 7. The fourth-order valence-electron chi connectivity index (χ4n) is 2.48. The number of nitrogens with zero attached hydrogens (tertiary/aromatic N) is 3. The van der Waals surface area contributed by atoms with E-state index in [-0.39, 0.29) is 24.7 Å². The summed E-state index contributed by atoms with van der Waals surface area (Å²) in [7, 11) is 1.59. The third-order valence-corrected chi connectivity index (χ3v) is 3.77. The van der Waals surface area contributed by atoms with Gasteiger partial charge in [0.1, 0.15) is 5.75 Å². The molecule has 2 heterocycles. The highest BCUT2D eigenvalue weighted by atomic mass is 16.5. The van der Waals surface area contributed by atoms with Gasteiger partial charge in [0.05, 0.1) is 20.1 Å². The summed E-state index contributed by atoms with van der Waals surface area (Å²) in [6.07, 6.45) is 2.41. The molecule has 0 unspecified atom stereocenters. The Morgan fingerprint density at radius 2 is 1.96 bits per heavy atom. The van der Waals surface area contributed by atoms with Crippen molar-refractivity contribution < 1.29 is 14.3 Å². The third-order valence-electron chi connectivity index (χ3n) is 3.77. The lowest BCUT2D eigenvalue weighted by Gasteiger charge is -2.05. The maximum atomic E-state index is 12.1. The van der Waals surface area contributed by atoms with E-state index in [1.54, 1.807) is 37.6 Å². The van der Waals surface area contributed by atoms with E-state index >= 15 is 0 Å². The number of aryl methyl sites for hydroxylation is 1. The van der Waals surface area contributed by atoms with Crippen LogP contribution in [0.2, 0.25) is 0 Å². The lowest BCUT2D eigenvalue weighted by molar-refractivity contribution is -0.143. The van der Waals surface area contributed by atoms with Crippen LogP contribution in [0.5, 0.6) is 5.75 Å². The van der Waals surface area contributed by atoms with E-state index in [9.17, 15) is 9.59 Å². The first-order valence-electron chi connectivity index (χ1n) is 8.00. The Balaban J connectivity index is 1.46. The first-order valence-corrected chi connectivity index (χ1v) is 8.00. The van der Waals surface area contributed by atoms with Crippen molar-refractivity contribution in [3.8, 4) is 5.75 Å². The molecule has 0 fully saturated rings. The Morgan fingerprint density at radius 3 is 2.68 bits per heavy atom. The fraction of sp³-hybridized carbons (Fsp3) is 0.278. The van der Waals surface area contributed by atoms with Crippen molar-refractivity contribution in [2.24, 2.45) is 0 Å². The summed E-state index contributed by atoms with van der Waals surface area (Å²) in [5, 5.41) is 4.23. The molecule has 0 aliphatic carbocycles. The number of hydrogen-bond donors (Lipinski definition) is 0. The van der Waals surface area contributed by atoms with Crippen molar-refractivity contribution in [2.75, 3.05) is 13.7 Å². The number of methoxy groups -OCH3 is 1. The van der Waals surface area contributed by atoms with E-state index < -0.39 is 0 Å². The molecule has 3 aromatic rings. The van der Waals surface area contributed by atoms with Crippen LogP contribution in [0.25, 0.3) is 5.65 Å². The first-order chi connectivity index (χ1) is 12.2. The van der Waals surface area contributed by atoms with Crippen LogP contribution < -0.4 is 10.4 Å². The molecule has 0 atom stereocenters. The molecule has 0 amide bonds. The second-order valence-electron chi connectivity index (χ2n) is 5.53. The van der Waals surface area contributed by atoms with Crippen molar-refractivity contribution in [1.82, 2.24) is 14.2 Å². The molecule has 0 aliphatic rings. The van der Waals surface area contributed by atoms with Gasteiger partial charge in [0, 0.05) is 19.2 Å².